The molecule has 0 saturated carbocycles. The molecule has 3 aromatic carbocycles. The fraction of sp³-hybridized carbons (Fsp3) is 0.378. The normalized spacial score (nSPS) is 25.6. The van der Waals surface area contributed by atoms with Crippen LogP contribution in [0.1, 0.15) is 37.8 Å². The van der Waals surface area contributed by atoms with E-state index in [4.69, 9.17) is 4.74 Å². The number of likely N-dealkylation sites (tertiary alicyclic amines) is 1. The van der Waals surface area contributed by atoms with E-state index in [9.17, 15) is 14.7 Å². The zero-order valence-electron chi connectivity index (χ0n) is 25.8. The largest absolute Gasteiger partial charge is 0.394 e. The number of fused-ring (bicyclic) bond motifs is 2. The van der Waals surface area contributed by atoms with Crippen LogP contribution in [-0.4, -0.2) is 76.6 Å². The molecule has 1 spiro atoms. The van der Waals surface area contributed by atoms with E-state index in [2.05, 4.69) is 13.2 Å². The van der Waals surface area contributed by atoms with Gasteiger partial charge in [0, 0.05) is 25.3 Å². The Balaban J connectivity index is 1.47. The van der Waals surface area contributed by atoms with Crippen LogP contribution in [0.25, 0.3) is 10.8 Å². The first-order chi connectivity index (χ1) is 21.9. The summed E-state index contributed by atoms with van der Waals surface area (Å²) in [5.74, 6) is -2.36. The molecule has 2 bridgehead atoms. The first kappa shape index (κ1) is 30.7. The summed E-state index contributed by atoms with van der Waals surface area (Å²) < 4.78 is 6.73. The Morgan fingerprint density at radius 1 is 1.02 bits per heavy atom. The summed E-state index contributed by atoms with van der Waals surface area (Å²) in [7, 11) is 0. The highest BCUT2D eigenvalue weighted by atomic mass is 16.5. The van der Waals surface area contributed by atoms with Gasteiger partial charge in [0.2, 0.25) is 11.8 Å². The van der Waals surface area contributed by atoms with Gasteiger partial charge in [0.15, 0.2) is 0 Å². The molecule has 8 nitrogen and oxygen atoms in total. The van der Waals surface area contributed by atoms with Crippen molar-refractivity contribution in [3.05, 3.63) is 104 Å². The highest BCUT2D eigenvalue weighted by Gasteiger charge is 2.75. The molecule has 0 radical (unpaired) electrons. The second kappa shape index (κ2) is 12.6. The maximum Gasteiger partial charge on any atom is 0.253 e. The maximum atomic E-state index is 15.0. The predicted octanol–water partition coefficient (Wildman–Crippen LogP) is 4.89. The van der Waals surface area contributed by atoms with Gasteiger partial charge in [-0.05, 0) is 47.7 Å². The maximum absolute atomic E-state index is 15.0. The number of hydrogen-bond acceptors (Lipinski definition) is 5. The Kier molecular flexibility index (Phi) is 8.62. The van der Waals surface area contributed by atoms with Crippen molar-refractivity contribution in [1.29, 1.82) is 0 Å². The average molecular weight is 608 g/mol. The van der Waals surface area contributed by atoms with Crippen molar-refractivity contribution in [2.45, 2.75) is 50.0 Å². The van der Waals surface area contributed by atoms with E-state index in [1.165, 1.54) is 4.90 Å². The van der Waals surface area contributed by atoms with Crippen molar-refractivity contribution in [2.24, 2.45) is 11.8 Å². The van der Waals surface area contributed by atoms with Crippen molar-refractivity contribution in [1.82, 2.24) is 9.80 Å². The Bertz CT molecular complexity index is 1610. The molecule has 3 saturated heterocycles. The monoisotopic (exact) mass is 607 g/mol. The SMILES string of the molecule is C=CCN(CCC)C(=O)[C@@H]1[C@@H]2CCC3(O2)C(C(=O)N(CC=C)c2ccc4ccccc4c2)N([C@H](CO)c2ccccc2)C(=O)[C@H]13. The summed E-state index contributed by atoms with van der Waals surface area (Å²) in [6, 6.07) is 21.2. The van der Waals surface area contributed by atoms with Crippen molar-refractivity contribution >= 4 is 34.2 Å². The van der Waals surface area contributed by atoms with Crippen LogP contribution >= 0.6 is 0 Å². The molecular weight excluding hydrogens is 566 g/mol. The van der Waals surface area contributed by atoms with Gasteiger partial charge in [0.25, 0.3) is 5.91 Å². The molecule has 45 heavy (non-hydrogen) atoms. The van der Waals surface area contributed by atoms with E-state index in [1.54, 1.807) is 22.0 Å². The van der Waals surface area contributed by atoms with E-state index in [-0.39, 0.29) is 30.9 Å². The molecule has 2 unspecified atom stereocenters. The Hall–Kier alpha value is -4.27. The zero-order chi connectivity index (χ0) is 31.7. The number of amides is 3. The van der Waals surface area contributed by atoms with Gasteiger partial charge in [-0.15, -0.1) is 13.2 Å². The van der Waals surface area contributed by atoms with Gasteiger partial charge in [0.1, 0.15) is 11.6 Å². The summed E-state index contributed by atoms with van der Waals surface area (Å²) in [5, 5.41) is 12.8. The minimum Gasteiger partial charge on any atom is -0.394 e. The molecule has 6 rings (SSSR count). The van der Waals surface area contributed by atoms with Gasteiger partial charge in [-0.2, -0.15) is 0 Å². The van der Waals surface area contributed by atoms with E-state index < -0.39 is 35.6 Å². The summed E-state index contributed by atoms with van der Waals surface area (Å²) in [4.78, 5) is 48.8. The van der Waals surface area contributed by atoms with Gasteiger partial charge in [-0.1, -0.05) is 79.7 Å². The molecule has 3 aliphatic heterocycles. The topological polar surface area (TPSA) is 90.4 Å². The fourth-order valence-corrected chi connectivity index (χ4v) is 7.89. The number of ether oxygens (including phenoxy) is 1. The molecule has 1 N–H and O–H groups in total. The van der Waals surface area contributed by atoms with Gasteiger partial charge >= 0.3 is 0 Å². The highest BCUT2D eigenvalue weighted by molar-refractivity contribution is 6.06. The molecule has 234 valence electrons. The van der Waals surface area contributed by atoms with E-state index in [0.29, 0.717) is 37.2 Å². The minimum atomic E-state index is -1.20. The average Bonchev–Trinajstić information content (AvgIpc) is 3.71. The van der Waals surface area contributed by atoms with Crippen LogP contribution in [0.15, 0.2) is 98.1 Å². The smallest absolute Gasteiger partial charge is 0.253 e. The summed E-state index contributed by atoms with van der Waals surface area (Å²) >= 11 is 0. The van der Waals surface area contributed by atoms with Crippen LogP contribution < -0.4 is 4.90 Å². The van der Waals surface area contributed by atoms with Crippen molar-refractivity contribution < 1.29 is 24.2 Å². The summed E-state index contributed by atoms with van der Waals surface area (Å²) in [6.45, 7) is 10.5. The molecule has 3 amide bonds. The third-order valence-electron chi connectivity index (χ3n) is 9.73. The van der Waals surface area contributed by atoms with Crippen molar-refractivity contribution in [2.75, 3.05) is 31.1 Å². The third-order valence-corrected chi connectivity index (χ3v) is 9.73. The second-order valence-corrected chi connectivity index (χ2v) is 12.3. The van der Waals surface area contributed by atoms with Gasteiger partial charge in [0.05, 0.1) is 30.6 Å². The Labute approximate surface area is 264 Å². The number of aliphatic hydroxyl groups excluding tert-OH is 1. The third kappa shape index (κ3) is 5.06. The van der Waals surface area contributed by atoms with Crippen LogP contribution in [-0.2, 0) is 19.1 Å². The molecule has 3 aliphatic rings. The number of carbonyl (C=O) groups excluding carboxylic acids is 3. The van der Waals surface area contributed by atoms with E-state index in [1.807, 2.05) is 79.7 Å². The van der Waals surface area contributed by atoms with Gasteiger partial charge in [-0.25, -0.2) is 0 Å². The standard InChI is InChI=1S/C37H41N3O5/c1-4-20-38(21-5-2)34(42)31-30-18-19-37(45-30)32(31)35(43)40(29(24-41)26-13-8-7-9-14-26)33(37)36(44)39(22-6-3)28-17-16-25-12-10-11-15-27(25)23-28/h4,6-17,23,29-33,41H,1,3,5,18-22,24H2,2H3/t29-,30+,31-,32+,33?,37?/m1/s1. The number of anilines is 1. The number of hydrogen-bond donors (Lipinski definition) is 1. The number of benzene rings is 3. The Morgan fingerprint density at radius 2 is 1.73 bits per heavy atom. The van der Waals surface area contributed by atoms with Crippen molar-refractivity contribution in [3.63, 3.8) is 0 Å². The number of nitrogens with zero attached hydrogens (tertiary/aromatic N) is 3. The fourth-order valence-electron chi connectivity index (χ4n) is 7.89. The lowest BCUT2D eigenvalue weighted by Gasteiger charge is -2.39. The summed E-state index contributed by atoms with van der Waals surface area (Å²) in [6.07, 6.45) is 4.69. The van der Waals surface area contributed by atoms with Gasteiger partial charge in [-0.3, -0.25) is 14.4 Å². The zero-order valence-corrected chi connectivity index (χ0v) is 25.8. The first-order valence-corrected chi connectivity index (χ1v) is 15.9. The number of aliphatic hydroxyl groups is 1. The molecule has 3 fully saturated rings. The molecule has 3 aromatic rings. The number of carbonyl (C=O) groups is 3. The van der Waals surface area contributed by atoms with Gasteiger partial charge < -0.3 is 24.5 Å². The van der Waals surface area contributed by atoms with Crippen LogP contribution in [0.5, 0.6) is 0 Å². The quantitative estimate of drug-likeness (QED) is 0.296. The molecular formula is C37H41N3O5. The number of rotatable bonds is 12. The molecule has 8 heteroatoms. The predicted molar refractivity (Wildman–Crippen MR) is 174 cm³/mol. The van der Waals surface area contributed by atoms with Crippen LogP contribution in [0.2, 0.25) is 0 Å². The van der Waals surface area contributed by atoms with Crippen LogP contribution in [0.3, 0.4) is 0 Å². The van der Waals surface area contributed by atoms with Crippen molar-refractivity contribution in [3.8, 4) is 0 Å². The van der Waals surface area contributed by atoms with Crippen LogP contribution in [0.4, 0.5) is 5.69 Å². The first-order valence-electron chi connectivity index (χ1n) is 15.9. The molecule has 3 heterocycles. The lowest BCUT2D eigenvalue weighted by molar-refractivity contribution is -0.147. The molecule has 0 aromatic heterocycles. The van der Waals surface area contributed by atoms with Crippen LogP contribution in [0, 0.1) is 11.8 Å². The second-order valence-electron chi connectivity index (χ2n) is 12.3. The lowest BCUT2D eigenvalue weighted by atomic mass is 9.70. The summed E-state index contributed by atoms with van der Waals surface area (Å²) in [5.41, 5.74) is 0.176. The molecule has 6 atom stereocenters. The van der Waals surface area contributed by atoms with E-state index >= 15 is 4.79 Å². The van der Waals surface area contributed by atoms with E-state index in [0.717, 1.165) is 17.2 Å². The minimum absolute atomic E-state index is 0.146. The highest BCUT2D eigenvalue weighted by Crippen LogP contribution is 2.60. The Morgan fingerprint density at radius 3 is 2.42 bits per heavy atom. The lowest BCUT2D eigenvalue weighted by Crippen LogP contribution is -2.57. The molecule has 0 aliphatic carbocycles.